The molecule has 10 rings (SSSR count). The van der Waals surface area contributed by atoms with Gasteiger partial charge in [-0.15, -0.1) is 0 Å². The Kier molecular flexibility index (Phi) is 5.90. The van der Waals surface area contributed by atoms with Crippen LogP contribution in [0.4, 0.5) is 0 Å². The number of hydrogen-bond acceptors (Lipinski definition) is 6. The molecule has 2 aliphatic rings. The summed E-state index contributed by atoms with van der Waals surface area (Å²) in [6.07, 6.45) is 3.54. The third-order valence-corrected chi connectivity index (χ3v) is 9.46. The zero-order chi connectivity index (χ0) is 31.6. The molecule has 6 aromatic carbocycles. The van der Waals surface area contributed by atoms with E-state index in [0.29, 0.717) is 5.84 Å². The molecule has 6 heteroatoms. The molecule has 0 fully saturated rings. The number of hydrogen-bond donors (Lipinski definition) is 2. The highest BCUT2D eigenvalue weighted by Gasteiger charge is 2.32. The second-order valence-electron chi connectivity index (χ2n) is 12.2. The maximum Gasteiger partial charge on any atom is 0.159 e. The first-order valence-corrected chi connectivity index (χ1v) is 16.1. The lowest BCUT2D eigenvalue weighted by Gasteiger charge is -2.30. The first-order valence-electron chi connectivity index (χ1n) is 16.1. The summed E-state index contributed by atoms with van der Waals surface area (Å²) in [5, 5.41) is 12.9. The minimum absolute atomic E-state index is 0.247. The van der Waals surface area contributed by atoms with E-state index in [0.717, 1.165) is 83.1 Å². The van der Waals surface area contributed by atoms with E-state index in [2.05, 4.69) is 89.5 Å². The number of para-hydroxylation sites is 2. The first kappa shape index (κ1) is 26.8. The van der Waals surface area contributed by atoms with Crippen molar-refractivity contribution in [3.05, 3.63) is 162 Å². The molecule has 2 atom stereocenters. The van der Waals surface area contributed by atoms with Gasteiger partial charge in [-0.2, -0.15) is 0 Å². The van der Waals surface area contributed by atoms with Crippen LogP contribution in [0.3, 0.4) is 0 Å². The average Bonchev–Trinajstić information content (AvgIpc) is 3.73. The van der Waals surface area contributed by atoms with Gasteiger partial charge in [0.1, 0.15) is 40.6 Å². The van der Waals surface area contributed by atoms with Gasteiger partial charge < -0.3 is 19.5 Å². The number of rotatable bonds is 4. The molecule has 0 aliphatic carbocycles. The zero-order valence-electron chi connectivity index (χ0n) is 25.7. The Morgan fingerprint density at radius 3 is 2.12 bits per heavy atom. The fourth-order valence-electron chi connectivity index (χ4n) is 7.31. The lowest BCUT2D eigenvalue weighted by Crippen LogP contribution is -2.41. The Bertz CT molecular complexity index is 2640. The molecule has 0 saturated heterocycles. The van der Waals surface area contributed by atoms with Crippen LogP contribution in [0.2, 0.25) is 0 Å². The normalized spacial score (nSPS) is 17.2. The first-order chi connectivity index (χ1) is 23.8. The minimum atomic E-state index is -0.383. The SMILES string of the molecule is C1=Cc2oc3ccccc3c2C(C2=NC(c3ccccc3)=NC(c3ccc(-c4cccc5oc6ccccc6c45)c4ccccc34)N2)N1. The Hall–Kier alpha value is -6.40. The Morgan fingerprint density at radius 2 is 1.27 bits per heavy atom. The van der Waals surface area contributed by atoms with E-state index in [-0.39, 0.29) is 12.2 Å². The van der Waals surface area contributed by atoms with Crippen molar-refractivity contribution < 1.29 is 8.83 Å². The number of benzene rings is 6. The van der Waals surface area contributed by atoms with Crippen molar-refractivity contribution in [1.29, 1.82) is 0 Å². The molecule has 0 saturated carbocycles. The molecule has 4 heterocycles. The van der Waals surface area contributed by atoms with Gasteiger partial charge in [0.05, 0.1) is 0 Å². The lowest BCUT2D eigenvalue weighted by atomic mass is 9.91. The summed E-state index contributed by atoms with van der Waals surface area (Å²) in [4.78, 5) is 10.4. The van der Waals surface area contributed by atoms with Gasteiger partial charge in [-0.3, -0.25) is 0 Å². The Labute approximate surface area is 275 Å². The van der Waals surface area contributed by atoms with E-state index >= 15 is 0 Å². The van der Waals surface area contributed by atoms with Crippen molar-refractivity contribution in [2.24, 2.45) is 9.98 Å². The van der Waals surface area contributed by atoms with Crippen molar-refractivity contribution >= 4 is 61.4 Å². The van der Waals surface area contributed by atoms with Crippen molar-refractivity contribution in [3.63, 3.8) is 0 Å². The smallest absolute Gasteiger partial charge is 0.159 e. The third kappa shape index (κ3) is 4.12. The molecule has 8 aromatic rings. The highest BCUT2D eigenvalue weighted by molar-refractivity contribution is 6.16. The summed E-state index contributed by atoms with van der Waals surface area (Å²) in [5.74, 6) is 2.30. The molecule has 0 radical (unpaired) electrons. The second kappa shape index (κ2) is 10.6. The quantitative estimate of drug-likeness (QED) is 0.205. The summed E-state index contributed by atoms with van der Waals surface area (Å²) in [6, 6.07) is 45.7. The molecule has 2 unspecified atom stereocenters. The summed E-state index contributed by atoms with van der Waals surface area (Å²) in [6.45, 7) is 0. The Balaban J connectivity index is 1.14. The maximum absolute atomic E-state index is 6.26. The summed E-state index contributed by atoms with van der Waals surface area (Å²) < 4.78 is 12.5. The number of nitrogens with zero attached hydrogens (tertiary/aromatic N) is 2. The van der Waals surface area contributed by atoms with Gasteiger partial charge in [-0.1, -0.05) is 115 Å². The van der Waals surface area contributed by atoms with Crippen LogP contribution in [0.25, 0.3) is 60.9 Å². The largest absolute Gasteiger partial charge is 0.456 e. The van der Waals surface area contributed by atoms with Gasteiger partial charge >= 0.3 is 0 Å². The van der Waals surface area contributed by atoms with Crippen LogP contribution in [0.1, 0.15) is 34.7 Å². The number of fused-ring (bicyclic) bond motifs is 7. The molecule has 6 nitrogen and oxygen atoms in total. The van der Waals surface area contributed by atoms with Crippen LogP contribution in [-0.2, 0) is 0 Å². The van der Waals surface area contributed by atoms with Gasteiger partial charge in [0.25, 0.3) is 0 Å². The number of nitrogens with one attached hydrogen (secondary N) is 2. The van der Waals surface area contributed by atoms with Gasteiger partial charge in [-0.25, -0.2) is 9.98 Å². The van der Waals surface area contributed by atoms with Crippen molar-refractivity contribution in [3.8, 4) is 11.1 Å². The predicted molar refractivity (Wildman–Crippen MR) is 194 cm³/mol. The van der Waals surface area contributed by atoms with E-state index in [1.54, 1.807) is 0 Å². The van der Waals surface area contributed by atoms with Crippen LogP contribution in [0, 0.1) is 0 Å². The molecule has 2 aliphatic heterocycles. The van der Waals surface area contributed by atoms with E-state index in [4.69, 9.17) is 18.8 Å². The Morgan fingerprint density at radius 1 is 0.562 bits per heavy atom. The molecular weight excluding hydrogens is 592 g/mol. The van der Waals surface area contributed by atoms with Gasteiger partial charge in [0.2, 0.25) is 0 Å². The molecule has 48 heavy (non-hydrogen) atoms. The molecule has 228 valence electrons. The molecule has 2 N–H and O–H groups in total. The molecular formula is C42H28N4O2. The predicted octanol–water partition coefficient (Wildman–Crippen LogP) is 9.91. The van der Waals surface area contributed by atoms with Crippen LogP contribution in [0.15, 0.2) is 158 Å². The third-order valence-electron chi connectivity index (χ3n) is 9.46. The fraction of sp³-hybridized carbons (Fsp3) is 0.0476. The monoisotopic (exact) mass is 620 g/mol. The second-order valence-corrected chi connectivity index (χ2v) is 12.2. The topological polar surface area (TPSA) is 75.1 Å². The molecule has 2 aromatic heterocycles. The van der Waals surface area contributed by atoms with Gasteiger partial charge in [0.15, 0.2) is 5.84 Å². The van der Waals surface area contributed by atoms with Crippen LogP contribution < -0.4 is 10.6 Å². The standard InChI is InChI=1S/C42H28N4O2/c1-2-11-25(12-3-1)40-44-41(46-42(45-40)39-38-32-16-7-9-19-34(32)48-36(38)23-24-43-39)30-22-21-28(26-13-4-5-14-27(26)30)29-17-10-20-35-37(29)31-15-6-8-18-33(31)47-35/h1-24,39,41,43H,(H,44,45,46). The fourth-order valence-corrected chi connectivity index (χ4v) is 7.31. The number of amidine groups is 2. The van der Waals surface area contributed by atoms with Crippen LogP contribution in [-0.4, -0.2) is 11.7 Å². The van der Waals surface area contributed by atoms with E-state index in [1.807, 2.05) is 66.9 Å². The minimum Gasteiger partial charge on any atom is -0.456 e. The van der Waals surface area contributed by atoms with Crippen molar-refractivity contribution in [1.82, 2.24) is 10.6 Å². The van der Waals surface area contributed by atoms with Crippen LogP contribution in [0.5, 0.6) is 0 Å². The molecule has 0 amide bonds. The summed E-state index contributed by atoms with van der Waals surface area (Å²) in [7, 11) is 0. The lowest BCUT2D eigenvalue weighted by molar-refractivity contribution is 0.580. The summed E-state index contributed by atoms with van der Waals surface area (Å²) in [5.41, 5.74) is 8.02. The van der Waals surface area contributed by atoms with Crippen molar-refractivity contribution in [2.75, 3.05) is 0 Å². The van der Waals surface area contributed by atoms with Gasteiger partial charge in [0, 0.05) is 39.0 Å². The van der Waals surface area contributed by atoms with Gasteiger partial charge in [-0.05, 0) is 46.2 Å². The average molecular weight is 621 g/mol. The van der Waals surface area contributed by atoms with E-state index < -0.39 is 0 Å². The molecule has 0 spiro atoms. The highest BCUT2D eigenvalue weighted by atomic mass is 16.3. The van der Waals surface area contributed by atoms with Crippen LogP contribution >= 0.6 is 0 Å². The van der Waals surface area contributed by atoms with E-state index in [9.17, 15) is 0 Å². The summed E-state index contributed by atoms with van der Waals surface area (Å²) >= 11 is 0. The maximum atomic E-state index is 6.26. The molecule has 0 bridgehead atoms. The highest BCUT2D eigenvalue weighted by Crippen LogP contribution is 2.42. The van der Waals surface area contributed by atoms with Crippen molar-refractivity contribution in [2.45, 2.75) is 12.2 Å². The van der Waals surface area contributed by atoms with E-state index in [1.165, 1.54) is 0 Å². The number of aliphatic imine (C=N–C) groups is 2. The number of furan rings is 2. The zero-order valence-corrected chi connectivity index (χ0v) is 25.7.